The fraction of sp³-hybridized carbons (Fsp3) is 0.476. The zero-order valence-corrected chi connectivity index (χ0v) is 17.5. The van der Waals surface area contributed by atoms with Crippen LogP contribution < -0.4 is 4.90 Å². The summed E-state index contributed by atoms with van der Waals surface area (Å²) in [6.45, 7) is 11.8. The molecule has 8 nitrogen and oxygen atoms in total. The molecule has 3 aromatic rings. The molecule has 0 unspecified atom stereocenters. The minimum absolute atomic E-state index is 0.0411. The normalized spacial score (nSPS) is 14.8. The number of aryl methyl sites for hydroxylation is 2. The zero-order chi connectivity index (χ0) is 20.5. The summed E-state index contributed by atoms with van der Waals surface area (Å²) in [6, 6.07) is 7.66. The molecule has 29 heavy (non-hydrogen) atoms. The second kappa shape index (κ2) is 7.77. The fourth-order valence-electron chi connectivity index (χ4n) is 3.65. The third-order valence-corrected chi connectivity index (χ3v) is 5.33. The van der Waals surface area contributed by atoms with E-state index in [0.717, 1.165) is 48.0 Å². The zero-order valence-electron chi connectivity index (χ0n) is 17.5. The molecule has 3 heterocycles. The van der Waals surface area contributed by atoms with Gasteiger partial charge in [0.1, 0.15) is 17.2 Å². The molecule has 4 rings (SSSR count). The topological polar surface area (TPSA) is 80.0 Å². The molecule has 0 radical (unpaired) electrons. The van der Waals surface area contributed by atoms with E-state index in [1.807, 2.05) is 47.7 Å². The van der Waals surface area contributed by atoms with E-state index >= 15 is 0 Å². The molecule has 1 aliphatic heterocycles. The van der Waals surface area contributed by atoms with E-state index in [1.165, 1.54) is 0 Å². The first-order valence-electron chi connectivity index (χ1n) is 10.2. The number of nitrogens with zero attached hydrogens (tertiary/aromatic N) is 7. The largest absolute Gasteiger partial charge is 0.353 e. The van der Waals surface area contributed by atoms with Crippen molar-refractivity contribution in [2.24, 2.45) is 0 Å². The molecule has 0 N–H and O–H groups in total. The Morgan fingerprint density at radius 1 is 1.10 bits per heavy atom. The van der Waals surface area contributed by atoms with Gasteiger partial charge in [-0.2, -0.15) is 0 Å². The van der Waals surface area contributed by atoms with Gasteiger partial charge in [-0.15, -0.1) is 5.10 Å². The van der Waals surface area contributed by atoms with Gasteiger partial charge in [0, 0.05) is 56.0 Å². The number of benzene rings is 1. The summed E-state index contributed by atoms with van der Waals surface area (Å²) >= 11 is 0. The van der Waals surface area contributed by atoms with Gasteiger partial charge in [-0.05, 0) is 32.0 Å². The first-order chi connectivity index (χ1) is 14.0. The Morgan fingerprint density at radius 3 is 2.55 bits per heavy atom. The van der Waals surface area contributed by atoms with E-state index in [0.29, 0.717) is 18.7 Å². The van der Waals surface area contributed by atoms with Gasteiger partial charge in [-0.1, -0.05) is 19.1 Å². The van der Waals surface area contributed by atoms with Crippen molar-refractivity contribution in [2.75, 3.05) is 31.1 Å². The van der Waals surface area contributed by atoms with Crippen molar-refractivity contribution in [1.82, 2.24) is 29.9 Å². The second-order valence-corrected chi connectivity index (χ2v) is 7.77. The summed E-state index contributed by atoms with van der Waals surface area (Å²) < 4.78 is 1.83. The average molecular weight is 393 g/mol. The Hall–Kier alpha value is -3.03. The maximum Gasteiger partial charge on any atom is 0.254 e. The average Bonchev–Trinajstić information content (AvgIpc) is 3.15. The van der Waals surface area contributed by atoms with Gasteiger partial charge in [0.05, 0.1) is 5.52 Å². The van der Waals surface area contributed by atoms with Crippen LogP contribution in [0, 0.1) is 6.92 Å². The fourth-order valence-corrected chi connectivity index (χ4v) is 3.65. The number of hydrogen-bond donors (Lipinski definition) is 0. The Labute approximate surface area is 170 Å². The monoisotopic (exact) mass is 393 g/mol. The maximum atomic E-state index is 13.0. The smallest absolute Gasteiger partial charge is 0.254 e. The van der Waals surface area contributed by atoms with Crippen LogP contribution in [0.1, 0.15) is 48.6 Å². The van der Waals surface area contributed by atoms with E-state index in [2.05, 4.69) is 34.0 Å². The molecule has 8 heteroatoms. The summed E-state index contributed by atoms with van der Waals surface area (Å²) in [6.07, 6.45) is 0. The number of rotatable bonds is 4. The van der Waals surface area contributed by atoms with Crippen molar-refractivity contribution in [3.05, 3.63) is 41.3 Å². The van der Waals surface area contributed by atoms with Crippen LogP contribution in [-0.4, -0.2) is 61.9 Å². The molecule has 0 atom stereocenters. The van der Waals surface area contributed by atoms with Crippen LogP contribution in [0.2, 0.25) is 0 Å². The Bertz CT molecular complexity index is 1030. The van der Waals surface area contributed by atoms with Crippen LogP contribution >= 0.6 is 0 Å². The van der Waals surface area contributed by atoms with Crippen LogP contribution in [0.25, 0.3) is 11.0 Å². The number of fused-ring (bicyclic) bond motifs is 1. The van der Waals surface area contributed by atoms with Gasteiger partial charge in [-0.25, -0.2) is 14.6 Å². The second-order valence-electron chi connectivity index (χ2n) is 7.77. The van der Waals surface area contributed by atoms with Gasteiger partial charge in [0.2, 0.25) is 0 Å². The van der Waals surface area contributed by atoms with Crippen molar-refractivity contribution in [2.45, 2.75) is 40.2 Å². The number of piperazine rings is 1. The molecule has 1 aliphatic rings. The van der Waals surface area contributed by atoms with Gasteiger partial charge in [0.15, 0.2) is 0 Å². The van der Waals surface area contributed by atoms with Gasteiger partial charge < -0.3 is 9.80 Å². The predicted molar refractivity (Wildman–Crippen MR) is 112 cm³/mol. The first kappa shape index (κ1) is 19.3. The minimum atomic E-state index is 0.0411. The van der Waals surface area contributed by atoms with E-state index in [4.69, 9.17) is 4.98 Å². The lowest BCUT2D eigenvalue weighted by atomic mass is 10.1. The van der Waals surface area contributed by atoms with Crippen molar-refractivity contribution >= 4 is 22.8 Å². The van der Waals surface area contributed by atoms with Crippen LogP contribution in [0.3, 0.4) is 0 Å². The van der Waals surface area contributed by atoms with E-state index in [-0.39, 0.29) is 11.8 Å². The van der Waals surface area contributed by atoms with Gasteiger partial charge in [-0.3, -0.25) is 4.79 Å². The number of hydrogen-bond acceptors (Lipinski definition) is 6. The van der Waals surface area contributed by atoms with Crippen LogP contribution in [0.5, 0.6) is 0 Å². The molecule has 152 valence electrons. The summed E-state index contributed by atoms with van der Waals surface area (Å²) in [5.74, 6) is 2.15. The molecule has 0 spiro atoms. The molecule has 0 aliphatic carbocycles. The third-order valence-electron chi connectivity index (χ3n) is 5.33. The minimum Gasteiger partial charge on any atom is -0.353 e. The SMILES string of the molecule is CCn1nnc2cc(C(=O)N3CCN(c4cc(C)nc(C(C)C)n4)CC3)ccc21. The quantitative estimate of drug-likeness (QED) is 0.678. The molecule has 1 saturated heterocycles. The molecule has 1 fully saturated rings. The van der Waals surface area contributed by atoms with Gasteiger partial charge >= 0.3 is 0 Å². The molecular formula is C21H27N7O. The van der Waals surface area contributed by atoms with Crippen molar-refractivity contribution in [1.29, 1.82) is 0 Å². The molecule has 1 amide bonds. The lowest BCUT2D eigenvalue weighted by molar-refractivity contribution is 0.0746. The number of aromatic nitrogens is 5. The molecule has 2 aromatic heterocycles. The maximum absolute atomic E-state index is 13.0. The number of carbonyl (C=O) groups excluding carboxylic acids is 1. The predicted octanol–water partition coefficient (Wildman–Crippen LogP) is 2.64. The highest BCUT2D eigenvalue weighted by Crippen LogP contribution is 2.20. The van der Waals surface area contributed by atoms with E-state index in [9.17, 15) is 4.79 Å². The van der Waals surface area contributed by atoms with Crippen molar-refractivity contribution < 1.29 is 4.79 Å². The number of carbonyl (C=O) groups is 1. The molecule has 1 aromatic carbocycles. The summed E-state index contributed by atoms with van der Waals surface area (Å²) in [7, 11) is 0. The highest BCUT2D eigenvalue weighted by Gasteiger charge is 2.24. The van der Waals surface area contributed by atoms with Crippen LogP contribution in [0.4, 0.5) is 5.82 Å². The standard InChI is InChI=1S/C21H27N7O/c1-5-28-18-7-6-16(13-17(18)24-25-28)21(29)27-10-8-26(9-11-27)19-12-15(4)22-20(23-19)14(2)3/h6-7,12-14H,5,8-11H2,1-4H3. The highest BCUT2D eigenvalue weighted by atomic mass is 16.2. The lowest BCUT2D eigenvalue weighted by Crippen LogP contribution is -2.49. The van der Waals surface area contributed by atoms with Gasteiger partial charge in [0.25, 0.3) is 5.91 Å². The van der Waals surface area contributed by atoms with Crippen LogP contribution in [0.15, 0.2) is 24.3 Å². The van der Waals surface area contributed by atoms with Crippen LogP contribution in [-0.2, 0) is 6.54 Å². The third kappa shape index (κ3) is 3.79. The lowest BCUT2D eigenvalue weighted by Gasteiger charge is -2.35. The molecule has 0 bridgehead atoms. The Kier molecular flexibility index (Phi) is 5.17. The highest BCUT2D eigenvalue weighted by molar-refractivity contribution is 5.97. The Morgan fingerprint density at radius 2 is 1.86 bits per heavy atom. The summed E-state index contributed by atoms with van der Waals surface area (Å²) in [4.78, 5) is 26.4. The molecular weight excluding hydrogens is 366 g/mol. The number of anilines is 1. The van der Waals surface area contributed by atoms with E-state index in [1.54, 1.807) is 0 Å². The van der Waals surface area contributed by atoms with Crippen molar-refractivity contribution in [3.63, 3.8) is 0 Å². The summed E-state index contributed by atoms with van der Waals surface area (Å²) in [5, 5.41) is 8.30. The first-order valence-corrected chi connectivity index (χ1v) is 10.2. The number of amides is 1. The van der Waals surface area contributed by atoms with E-state index < -0.39 is 0 Å². The van der Waals surface area contributed by atoms with Crippen molar-refractivity contribution in [3.8, 4) is 0 Å². The molecule has 0 saturated carbocycles. The summed E-state index contributed by atoms with van der Waals surface area (Å²) in [5.41, 5.74) is 3.35. The Balaban J connectivity index is 1.46.